The molecule has 2 aromatic rings. The maximum absolute atomic E-state index is 10.1. The molecule has 8 heteroatoms. The van der Waals surface area contributed by atoms with Gasteiger partial charge >= 0.3 is 0 Å². The molecule has 1 heterocycles. The van der Waals surface area contributed by atoms with Gasteiger partial charge in [-0.3, -0.25) is 4.79 Å². The van der Waals surface area contributed by atoms with Crippen LogP contribution in [0.2, 0.25) is 0 Å². The van der Waals surface area contributed by atoms with E-state index in [1.54, 1.807) is 38.1 Å². The smallest absolute Gasteiger partial charge is 0.220 e. The number of aliphatic hydroxyl groups is 1. The Morgan fingerprint density at radius 2 is 1.53 bits per heavy atom. The van der Waals surface area contributed by atoms with Crippen molar-refractivity contribution in [2.75, 3.05) is 13.2 Å². The number of nitrogens with zero attached hydrogens (tertiary/aromatic N) is 1. The Morgan fingerprint density at radius 1 is 0.974 bits per heavy atom. The third-order valence-electron chi connectivity index (χ3n) is 4.76. The van der Waals surface area contributed by atoms with Gasteiger partial charge in [-0.15, -0.1) is 0 Å². The monoisotopic (exact) mass is 535 g/mol. The number of amides is 1. The second-order valence-corrected chi connectivity index (χ2v) is 9.45. The first kappa shape index (κ1) is 39.4. The Kier molecular flexibility index (Phi) is 26.5. The van der Waals surface area contributed by atoms with Gasteiger partial charge in [-0.25, -0.2) is 0 Å². The number of hydrogen-bond donors (Lipinski definition) is 6. The van der Waals surface area contributed by atoms with Crippen molar-refractivity contribution in [1.29, 1.82) is 0 Å². The van der Waals surface area contributed by atoms with Crippen molar-refractivity contribution >= 4 is 11.6 Å². The summed E-state index contributed by atoms with van der Waals surface area (Å²) in [4.78, 5) is 10.1. The highest BCUT2D eigenvalue weighted by molar-refractivity contribution is 5.80. The molecule has 0 bridgehead atoms. The Morgan fingerprint density at radius 3 is 1.82 bits per heavy atom. The number of nitrogens with one attached hydrogen (secondary N) is 1. The summed E-state index contributed by atoms with van der Waals surface area (Å²) in [5.41, 5.74) is 3.19. The zero-order valence-corrected chi connectivity index (χ0v) is 24.6. The summed E-state index contributed by atoms with van der Waals surface area (Å²) in [6, 6.07) is 14.7. The van der Waals surface area contributed by atoms with Gasteiger partial charge in [-0.1, -0.05) is 70.1 Å². The van der Waals surface area contributed by atoms with Crippen molar-refractivity contribution in [3.63, 3.8) is 0 Å². The van der Waals surface area contributed by atoms with Crippen LogP contribution in [0.3, 0.4) is 0 Å². The van der Waals surface area contributed by atoms with Crippen LogP contribution >= 0.6 is 0 Å². The van der Waals surface area contributed by atoms with Crippen molar-refractivity contribution in [3.05, 3.63) is 59.7 Å². The van der Waals surface area contributed by atoms with Crippen LogP contribution < -0.4 is 11.5 Å². The molecule has 2 aromatic carbocycles. The molecule has 8 N–H and O–H groups in total. The maximum Gasteiger partial charge on any atom is 0.220 e. The van der Waals surface area contributed by atoms with Crippen molar-refractivity contribution < 1.29 is 25.3 Å². The zero-order chi connectivity index (χ0) is 28.6. The number of phenolic OH excluding ortho intramolecular Hbond substituents is 2. The predicted molar refractivity (Wildman–Crippen MR) is 159 cm³/mol. The maximum atomic E-state index is 10.1. The molecule has 8 nitrogen and oxygen atoms in total. The van der Waals surface area contributed by atoms with Crippen molar-refractivity contribution in [1.82, 2.24) is 11.5 Å². The average molecular weight is 536 g/mol. The Bertz CT molecular complexity index is 848. The molecule has 0 unspecified atom stereocenters. The SMILES string of the molecule is CC(C)Cc1ccc(O)c(CC(C)C)c1.CCC(C)=NO.CCO.N.O=C1CCCN1.Oc1ccccc1. The molecule has 1 amide bonds. The molecule has 0 saturated carbocycles. The lowest BCUT2D eigenvalue weighted by atomic mass is 9.96. The third-order valence-corrected chi connectivity index (χ3v) is 4.76. The fourth-order valence-corrected chi connectivity index (χ4v) is 2.90. The fourth-order valence-electron chi connectivity index (χ4n) is 2.90. The summed E-state index contributed by atoms with van der Waals surface area (Å²) in [5, 5.41) is 39.4. The second-order valence-electron chi connectivity index (χ2n) is 9.45. The number of carbonyl (C=O) groups excluding carboxylic acids is 1. The van der Waals surface area contributed by atoms with E-state index in [2.05, 4.69) is 44.2 Å². The van der Waals surface area contributed by atoms with Crippen molar-refractivity contribution in [2.24, 2.45) is 17.0 Å². The van der Waals surface area contributed by atoms with E-state index in [9.17, 15) is 9.90 Å². The lowest BCUT2D eigenvalue weighted by Crippen LogP contribution is -2.12. The van der Waals surface area contributed by atoms with Gasteiger partial charge in [0, 0.05) is 19.6 Å². The van der Waals surface area contributed by atoms with E-state index in [0.717, 1.165) is 49.9 Å². The van der Waals surface area contributed by atoms with Gasteiger partial charge in [0.15, 0.2) is 0 Å². The van der Waals surface area contributed by atoms with E-state index < -0.39 is 0 Å². The van der Waals surface area contributed by atoms with Crippen LogP contribution in [-0.4, -0.2) is 45.3 Å². The molecule has 1 saturated heterocycles. The minimum absolute atomic E-state index is 0. The van der Waals surface area contributed by atoms with Crippen molar-refractivity contribution in [3.8, 4) is 11.5 Å². The summed E-state index contributed by atoms with van der Waals surface area (Å²) in [7, 11) is 0. The third kappa shape index (κ3) is 24.6. The largest absolute Gasteiger partial charge is 0.508 e. The summed E-state index contributed by atoms with van der Waals surface area (Å²) < 4.78 is 0. The van der Waals surface area contributed by atoms with Crippen LogP contribution in [-0.2, 0) is 17.6 Å². The number of para-hydroxylation sites is 1. The second kappa shape index (κ2) is 25.5. The molecule has 3 rings (SSSR count). The molecule has 0 radical (unpaired) electrons. The number of aromatic hydroxyl groups is 2. The topological polar surface area (TPSA) is 157 Å². The van der Waals surface area contributed by atoms with Gasteiger partial charge in [-0.2, -0.15) is 0 Å². The van der Waals surface area contributed by atoms with E-state index in [1.807, 2.05) is 25.1 Å². The quantitative estimate of drug-likeness (QED) is 0.146. The van der Waals surface area contributed by atoms with Crippen LogP contribution in [0.5, 0.6) is 11.5 Å². The van der Waals surface area contributed by atoms with Crippen LogP contribution in [0.1, 0.15) is 78.9 Å². The van der Waals surface area contributed by atoms with Gasteiger partial charge in [0.25, 0.3) is 0 Å². The van der Waals surface area contributed by atoms with Crippen LogP contribution in [0.15, 0.2) is 53.7 Å². The number of carbonyl (C=O) groups is 1. The van der Waals surface area contributed by atoms with Gasteiger partial charge in [-0.05, 0) is 80.7 Å². The highest BCUT2D eigenvalue weighted by Crippen LogP contribution is 2.23. The minimum atomic E-state index is 0. The Hall–Kier alpha value is -3.10. The number of rotatable bonds is 5. The number of aliphatic hydroxyl groups excluding tert-OH is 1. The van der Waals surface area contributed by atoms with Gasteiger partial charge in [0.05, 0.1) is 5.71 Å². The summed E-state index contributed by atoms with van der Waals surface area (Å²) in [6.45, 7) is 15.3. The number of hydrogen-bond acceptors (Lipinski definition) is 7. The summed E-state index contributed by atoms with van der Waals surface area (Å²) in [5.74, 6) is 2.22. The highest BCUT2D eigenvalue weighted by atomic mass is 16.4. The molecule has 1 aliphatic heterocycles. The average Bonchev–Trinajstić information content (AvgIpc) is 3.33. The van der Waals surface area contributed by atoms with Crippen LogP contribution in [0.25, 0.3) is 0 Å². The molecule has 0 aromatic heterocycles. The van der Waals surface area contributed by atoms with E-state index in [1.165, 1.54) is 5.56 Å². The Balaban J connectivity index is -0.000000448. The Labute approximate surface area is 230 Å². The highest BCUT2D eigenvalue weighted by Gasteiger charge is 2.06. The molecular weight excluding hydrogens is 482 g/mol. The fraction of sp³-hybridized carbons (Fsp3) is 0.533. The number of benzene rings is 2. The molecule has 0 aliphatic carbocycles. The van der Waals surface area contributed by atoms with Crippen LogP contribution in [0.4, 0.5) is 0 Å². The van der Waals surface area contributed by atoms with E-state index in [0.29, 0.717) is 23.3 Å². The minimum Gasteiger partial charge on any atom is -0.508 e. The van der Waals surface area contributed by atoms with Crippen molar-refractivity contribution in [2.45, 2.75) is 80.6 Å². The molecule has 1 aliphatic rings. The lowest BCUT2D eigenvalue weighted by Gasteiger charge is -2.11. The first-order chi connectivity index (χ1) is 17.5. The molecule has 0 atom stereocenters. The first-order valence-corrected chi connectivity index (χ1v) is 13.1. The predicted octanol–water partition coefficient (Wildman–Crippen LogP) is 6.48. The molecule has 1 fully saturated rings. The van der Waals surface area contributed by atoms with Gasteiger partial charge in [0.1, 0.15) is 11.5 Å². The number of oxime groups is 1. The molecule has 218 valence electrons. The van der Waals surface area contributed by atoms with E-state index >= 15 is 0 Å². The zero-order valence-electron chi connectivity index (χ0n) is 24.6. The number of phenols is 2. The standard InChI is InChI=1S/C14H22O.C6H6O.C4H7NO.C4H9NO.C2H6O.H3N/c1-10(2)7-12-5-6-14(15)13(9-12)8-11(3)4;7-6-4-2-1-3-5-6;6-4-2-1-3-5-4;1-3-4(2)5-6;1-2-3;/h5-6,9-11,15H,7-8H2,1-4H3;1-5,7H;1-3H2,(H,5,6);6H,3H2,1-2H3;3H,2H2,1H3;1H3. The molecule has 38 heavy (non-hydrogen) atoms. The first-order valence-electron chi connectivity index (χ1n) is 13.1. The van der Waals surface area contributed by atoms with Gasteiger partial charge < -0.3 is 32.0 Å². The van der Waals surface area contributed by atoms with E-state index in [4.69, 9.17) is 15.4 Å². The lowest BCUT2D eigenvalue weighted by molar-refractivity contribution is -0.119. The van der Waals surface area contributed by atoms with Gasteiger partial charge in [0.2, 0.25) is 5.91 Å². The van der Waals surface area contributed by atoms with E-state index in [-0.39, 0.29) is 18.7 Å². The summed E-state index contributed by atoms with van der Waals surface area (Å²) >= 11 is 0. The normalized spacial score (nSPS) is 11.7. The van der Waals surface area contributed by atoms with Crippen LogP contribution in [0, 0.1) is 11.8 Å². The summed E-state index contributed by atoms with van der Waals surface area (Å²) in [6.07, 6.45) is 4.64. The molecular formula is C30H53N3O5. The molecule has 0 spiro atoms.